The van der Waals surface area contributed by atoms with Crippen LogP contribution in [0.2, 0.25) is 0 Å². The molecule has 1 aliphatic carbocycles. The number of carboxylic acids is 1. The van der Waals surface area contributed by atoms with Gasteiger partial charge in [-0.15, -0.1) is 0 Å². The fraction of sp³-hybridized carbons (Fsp3) is 0.500. The van der Waals surface area contributed by atoms with Gasteiger partial charge in [-0.25, -0.2) is 17.9 Å². The van der Waals surface area contributed by atoms with E-state index < -0.39 is 16.0 Å². The van der Waals surface area contributed by atoms with E-state index in [9.17, 15) is 18.3 Å². The molecule has 0 radical (unpaired) electrons. The van der Waals surface area contributed by atoms with Gasteiger partial charge in [0, 0.05) is 25.9 Å². The van der Waals surface area contributed by atoms with Gasteiger partial charge in [-0.05, 0) is 50.3 Å². The van der Waals surface area contributed by atoms with Crippen molar-refractivity contribution < 1.29 is 23.1 Å². The van der Waals surface area contributed by atoms with Crippen LogP contribution in [0.25, 0.3) is 0 Å². The number of allylic oxidation sites excluding steroid dienone is 1. The predicted molar refractivity (Wildman–Crippen MR) is 100 cm³/mol. The number of benzene rings is 1. The van der Waals surface area contributed by atoms with Gasteiger partial charge in [0.25, 0.3) is 0 Å². The van der Waals surface area contributed by atoms with Crippen LogP contribution in [0.5, 0.6) is 0 Å². The first-order chi connectivity index (χ1) is 12.4. The predicted octanol–water partition coefficient (Wildman–Crippen LogP) is 2.61. The van der Waals surface area contributed by atoms with E-state index in [4.69, 9.17) is 4.74 Å². The van der Waals surface area contributed by atoms with Crippen LogP contribution >= 0.6 is 0 Å². The first-order valence-corrected chi connectivity index (χ1v) is 10.2. The highest BCUT2D eigenvalue weighted by Crippen LogP contribution is 2.22. The van der Waals surface area contributed by atoms with E-state index in [0.717, 1.165) is 19.3 Å². The van der Waals surface area contributed by atoms with Crippen molar-refractivity contribution in [1.82, 2.24) is 4.72 Å². The van der Waals surface area contributed by atoms with Crippen molar-refractivity contribution in [1.29, 1.82) is 0 Å². The number of hydrogen-bond acceptors (Lipinski definition) is 5. The van der Waals surface area contributed by atoms with E-state index in [0.29, 0.717) is 31.8 Å². The molecule has 7 nitrogen and oxygen atoms in total. The number of sulfonamides is 1. The molecule has 26 heavy (non-hydrogen) atoms. The normalized spacial score (nSPS) is 14.7. The van der Waals surface area contributed by atoms with Gasteiger partial charge in [0.1, 0.15) is 0 Å². The van der Waals surface area contributed by atoms with E-state index in [-0.39, 0.29) is 10.5 Å². The molecule has 1 aromatic carbocycles. The van der Waals surface area contributed by atoms with Crippen LogP contribution in [0, 0.1) is 0 Å². The molecule has 0 fully saturated rings. The maximum atomic E-state index is 12.5. The Morgan fingerprint density at radius 3 is 2.73 bits per heavy atom. The van der Waals surface area contributed by atoms with E-state index in [1.165, 1.54) is 30.2 Å². The zero-order valence-electron chi connectivity index (χ0n) is 15.0. The Labute approximate surface area is 154 Å². The third-order valence-electron chi connectivity index (χ3n) is 4.28. The summed E-state index contributed by atoms with van der Waals surface area (Å²) < 4.78 is 32.4. The molecular weight excluding hydrogens is 356 g/mol. The number of carboxylic acid groups (broad SMARTS) is 1. The first kappa shape index (κ1) is 20.4. The van der Waals surface area contributed by atoms with Crippen LogP contribution in [0.1, 0.15) is 42.5 Å². The lowest BCUT2D eigenvalue weighted by Crippen LogP contribution is -2.25. The first-order valence-electron chi connectivity index (χ1n) is 8.72. The van der Waals surface area contributed by atoms with Crippen molar-refractivity contribution in [2.75, 3.05) is 32.1 Å². The van der Waals surface area contributed by atoms with Crippen molar-refractivity contribution in [2.24, 2.45) is 0 Å². The summed E-state index contributed by atoms with van der Waals surface area (Å²) >= 11 is 0. The Kier molecular flexibility index (Phi) is 7.62. The van der Waals surface area contributed by atoms with Gasteiger partial charge in [-0.1, -0.05) is 11.6 Å². The summed E-state index contributed by atoms with van der Waals surface area (Å²) in [6, 6.07) is 4.06. The van der Waals surface area contributed by atoms with Gasteiger partial charge < -0.3 is 15.2 Å². The fourth-order valence-electron chi connectivity index (χ4n) is 2.87. The Bertz CT molecular complexity index is 759. The number of rotatable bonds is 10. The number of hydrogen-bond donors (Lipinski definition) is 3. The molecule has 0 unspecified atom stereocenters. The van der Waals surface area contributed by atoms with Crippen molar-refractivity contribution in [3.8, 4) is 0 Å². The summed E-state index contributed by atoms with van der Waals surface area (Å²) in [6.07, 6.45) is 7.28. The topological polar surface area (TPSA) is 105 Å². The maximum Gasteiger partial charge on any atom is 0.337 e. The van der Waals surface area contributed by atoms with E-state index in [1.54, 1.807) is 7.11 Å². The molecule has 2 rings (SSSR count). The monoisotopic (exact) mass is 382 g/mol. The molecule has 0 heterocycles. The molecule has 144 valence electrons. The smallest absolute Gasteiger partial charge is 0.337 e. The van der Waals surface area contributed by atoms with Crippen molar-refractivity contribution in [3.63, 3.8) is 0 Å². The Morgan fingerprint density at radius 1 is 1.27 bits per heavy atom. The van der Waals surface area contributed by atoms with Gasteiger partial charge in [-0.2, -0.15) is 0 Å². The lowest BCUT2D eigenvalue weighted by molar-refractivity contribution is 0.0697. The minimum Gasteiger partial charge on any atom is -0.478 e. The molecule has 0 aromatic heterocycles. The summed E-state index contributed by atoms with van der Waals surface area (Å²) in [5.74, 6) is -1.19. The molecule has 0 aliphatic heterocycles. The largest absolute Gasteiger partial charge is 0.478 e. The standard InChI is InChI=1S/C18H26N2O5S/c1-25-12-11-19-17-8-7-15(13-16(17)18(21)22)26(23,24)20-10-9-14-5-3-2-4-6-14/h5,7-8,13,19-20H,2-4,6,9-12H2,1H3,(H,21,22). The average molecular weight is 382 g/mol. The highest BCUT2D eigenvalue weighted by molar-refractivity contribution is 7.89. The average Bonchev–Trinajstić information content (AvgIpc) is 2.62. The zero-order valence-corrected chi connectivity index (χ0v) is 15.8. The van der Waals surface area contributed by atoms with Gasteiger partial charge in [0.2, 0.25) is 10.0 Å². The molecule has 0 amide bonds. The number of aromatic carboxylic acids is 1. The molecule has 0 saturated carbocycles. The summed E-state index contributed by atoms with van der Waals surface area (Å²) in [6.45, 7) is 1.15. The molecule has 3 N–H and O–H groups in total. The van der Waals surface area contributed by atoms with Crippen molar-refractivity contribution >= 4 is 21.7 Å². The van der Waals surface area contributed by atoms with Gasteiger partial charge in [0.05, 0.1) is 17.1 Å². The second kappa shape index (κ2) is 9.70. The van der Waals surface area contributed by atoms with Crippen molar-refractivity contribution in [3.05, 3.63) is 35.4 Å². The second-order valence-electron chi connectivity index (χ2n) is 6.19. The van der Waals surface area contributed by atoms with Crippen LogP contribution in [-0.2, 0) is 14.8 Å². The van der Waals surface area contributed by atoms with Crippen LogP contribution in [0.3, 0.4) is 0 Å². The maximum absolute atomic E-state index is 12.5. The fourth-order valence-corrected chi connectivity index (χ4v) is 3.93. The third-order valence-corrected chi connectivity index (χ3v) is 5.74. The third kappa shape index (κ3) is 5.82. The van der Waals surface area contributed by atoms with Crippen LogP contribution in [-0.4, -0.2) is 46.3 Å². The van der Waals surface area contributed by atoms with Gasteiger partial charge in [0.15, 0.2) is 0 Å². The molecule has 0 bridgehead atoms. The summed E-state index contributed by atoms with van der Waals surface area (Å²) in [7, 11) is -2.21. The SMILES string of the molecule is COCCNc1ccc(S(=O)(=O)NCCC2=CCCCC2)cc1C(=O)O. The lowest BCUT2D eigenvalue weighted by Gasteiger charge is -2.14. The van der Waals surface area contributed by atoms with E-state index in [1.807, 2.05) is 0 Å². The van der Waals surface area contributed by atoms with Gasteiger partial charge in [-0.3, -0.25) is 0 Å². The minimum absolute atomic E-state index is 0.0511. The summed E-state index contributed by atoms with van der Waals surface area (Å²) in [5.41, 5.74) is 1.56. The quantitative estimate of drug-likeness (QED) is 0.424. The number of methoxy groups -OCH3 is 1. The van der Waals surface area contributed by atoms with E-state index in [2.05, 4.69) is 16.1 Å². The number of ether oxygens (including phenoxy) is 1. The molecule has 1 aliphatic rings. The number of nitrogens with one attached hydrogen (secondary N) is 2. The van der Waals surface area contributed by atoms with Crippen LogP contribution < -0.4 is 10.0 Å². The molecular formula is C18H26N2O5S. The van der Waals surface area contributed by atoms with Gasteiger partial charge >= 0.3 is 5.97 Å². The van der Waals surface area contributed by atoms with Crippen molar-refractivity contribution in [2.45, 2.75) is 37.0 Å². The zero-order chi connectivity index (χ0) is 19.0. The number of anilines is 1. The Balaban J connectivity index is 2.06. The summed E-state index contributed by atoms with van der Waals surface area (Å²) in [4.78, 5) is 11.4. The van der Waals surface area contributed by atoms with E-state index >= 15 is 0 Å². The molecule has 1 aromatic rings. The minimum atomic E-state index is -3.75. The lowest BCUT2D eigenvalue weighted by atomic mass is 9.97. The molecule has 8 heteroatoms. The highest BCUT2D eigenvalue weighted by atomic mass is 32.2. The Morgan fingerprint density at radius 2 is 2.08 bits per heavy atom. The molecule has 0 spiro atoms. The van der Waals surface area contributed by atoms with Crippen LogP contribution in [0.4, 0.5) is 5.69 Å². The Hall–Kier alpha value is -1.90. The molecule has 0 saturated heterocycles. The number of carbonyl (C=O) groups is 1. The molecule has 0 atom stereocenters. The highest BCUT2D eigenvalue weighted by Gasteiger charge is 2.19. The summed E-state index contributed by atoms with van der Waals surface area (Å²) in [5, 5.41) is 12.3. The second-order valence-corrected chi connectivity index (χ2v) is 7.96. The van der Waals surface area contributed by atoms with Crippen LogP contribution in [0.15, 0.2) is 34.7 Å².